The van der Waals surface area contributed by atoms with Gasteiger partial charge in [0.1, 0.15) is 16.4 Å². The summed E-state index contributed by atoms with van der Waals surface area (Å²) in [6.45, 7) is 1.52. The molecular formula is C24H29ClN2O5S. The highest BCUT2D eigenvalue weighted by atomic mass is 35.5. The molecule has 2 aromatic carbocycles. The van der Waals surface area contributed by atoms with Gasteiger partial charge in [-0.05, 0) is 62.1 Å². The highest BCUT2D eigenvalue weighted by molar-refractivity contribution is 7.89. The molecule has 2 aromatic rings. The van der Waals surface area contributed by atoms with Gasteiger partial charge < -0.3 is 14.4 Å². The van der Waals surface area contributed by atoms with E-state index in [0.29, 0.717) is 36.7 Å². The van der Waals surface area contributed by atoms with Gasteiger partial charge in [0.15, 0.2) is 0 Å². The second-order valence-corrected chi connectivity index (χ2v) is 10.7. The third-order valence-corrected chi connectivity index (χ3v) is 8.80. The fourth-order valence-corrected chi connectivity index (χ4v) is 6.69. The van der Waals surface area contributed by atoms with Gasteiger partial charge in [-0.1, -0.05) is 18.0 Å². The maximum absolute atomic E-state index is 13.6. The van der Waals surface area contributed by atoms with Gasteiger partial charge >= 0.3 is 0 Å². The first-order valence-corrected chi connectivity index (χ1v) is 13.0. The molecule has 2 saturated heterocycles. The number of methoxy groups -OCH3 is 2. The van der Waals surface area contributed by atoms with E-state index in [1.54, 1.807) is 25.2 Å². The smallest absolute Gasteiger partial charge is 0.254 e. The molecule has 4 rings (SSSR count). The molecule has 0 aromatic heterocycles. The van der Waals surface area contributed by atoms with Crippen LogP contribution >= 0.6 is 11.6 Å². The zero-order valence-electron chi connectivity index (χ0n) is 18.9. The van der Waals surface area contributed by atoms with Crippen molar-refractivity contribution < 1.29 is 22.7 Å². The number of halogens is 1. The SMILES string of the molecule is COc1ccc(OC)c([C@@H]2CCCN2C(=O)c2ccc(Cl)c(S(=O)(=O)N3CCCCC3)c2)c1. The number of hydrogen-bond donors (Lipinski definition) is 0. The zero-order valence-corrected chi connectivity index (χ0v) is 20.5. The predicted molar refractivity (Wildman–Crippen MR) is 127 cm³/mol. The van der Waals surface area contributed by atoms with Crippen LogP contribution in [0.25, 0.3) is 0 Å². The van der Waals surface area contributed by atoms with Crippen LogP contribution in [-0.4, -0.2) is 57.4 Å². The molecule has 2 fully saturated rings. The van der Waals surface area contributed by atoms with Crippen LogP contribution in [0.3, 0.4) is 0 Å². The molecule has 2 heterocycles. The third kappa shape index (κ3) is 4.69. The maximum atomic E-state index is 13.6. The molecular weight excluding hydrogens is 464 g/mol. The van der Waals surface area contributed by atoms with Gasteiger partial charge in [-0.25, -0.2) is 8.42 Å². The fourth-order valence-electron chi connectivity index (χ4n) is 4.68. The minimum atomic E-state index is -3.76. The lowest BCUT2D eigenvalue weighted by Gasteiger charge is -2.28. The van der Waals surface area contributed by atoms with E-state index >= 15 is 0 Å². The molecule has 0 bridgehead atoms. The zero-order chi connectivity index (χ0) is 23.6. The number of likely N-dealkylation sites (tertiary alicyclic amines) is 1. The Kier molecular flexibility index (Phi) is 7.16. The average molecular weight is 493 g/mol. The number of ether oxygens (including phenoxy) is 2. The van der Waals surface area contributed by atoms with Crippen molar-refractivity contribution in [2.75, 3.05) is 33.9 Å². The maximum Gasteiger partial charge on any atom is 0.254 e. The molecule has 0 N–H and O–H groups in total. The summed E-state index contributed by atoms with van der Waals surface area (Å²) in [5, 5.41) is 0.129. The van der Waals surface area contributed by atoms with E-state index in [1.165, 1.54) is 16.4 Å². The summed E-state index contributed by atoms with van der Waals surface area (Å²) in [6.07, 6.45) is 4.29. The quantitative estimate of drug-likeness (QED) is 0.593. The van der Waals surface area contributed by atoms with E-state index in [1.807, 2.05) is 18.2 Å². The molecule has 1 amide bonds. The van der Waals surface area contributed by atoms with Gasteiger partial charge in [-0.2, -0.15) is 4.31 Å². The van der Waals surface area contributed by atoms with E-state index in [4.69, 9.17) is 21.1 Å². The van der Waals surface area contributed by atoms with Crippen molar-refractivity contribution in [2.24, 2.45) is 0 Å². The number of carbonyl (C=O) groups excluding carboxylic acids is 1. The molecule has 2 aliphatic heterocycles. The lowest BCUT2D eigenvalue weighted by atomic mass is 10.0. The summed E-state index contributed by atoms with van der Waals surface area (Å²) in [5.41, 5.74) is 1.18. The summed E-state index contributed by atoms with van der Waals surface area (Å²) in [4.78, 5) is 15.3. The molecule has 7 nitrogen and oxygen atoms in total. The molecule has 9 heteroatoms. The first-order chi connectivity index (χ1) is 15.9. The van der Waals surface area contributed by atoms with E-state index in [-0.39, 0.29) is 21.9 Å². The standard InChI is InChI=1S/C24H29ClN2O5S/c1-31-18-9-11-22(32-2)19(16-18)21-7-6-14-27(21)24(28)17-8-10-20(25)23(15-17)33(29,30)26-12-4-3-5-13-26/h8-11,15-16,21H,3-7,12-14H2,1-2H3/t21-/m0/s1. The molecule has 0 aliphatic carbocycles. The lowest BCUT2D eigenvalue weighted by molar-refractivity contribution is 0.0733. The first-order valence-electron chi connectivity index (χ1n) is 11.2. The second kappa shape index (κ2) is 9.91. The number of piperidine rings is 1. The van der Waals surface area contributed by atoms with Crippen molar-refractivity contribution in [1.82, 2.24) is 9.21 Å². The van der Waals surface area contributed by atoms with E-state index in [0.717, 1.165) is 37.7 Å². The predicted octanol–water partition coefficient (Wildman–Crippen LogP) is 4.51. The molecule has 0 radical (unpaired) electrons. The molecule has 0 saturated carbocycles. The minimum absolute atomic E-state index is 0.00776. The Morgan fingerprint density at radius 2 is 1.73 bits per heavy atom. The Bertz CT molecular complexity index is 1130. The van der Waals surface area contributed by atoms with Crippen LogP contribution in [0.2, 0.25) is 5.02 Å². The van der Waals surface area contributed by atoms with Gasteiger partial charge in [0.2, 0.25) is 10.0 Å². The molecule has 178 valence electrons. The van der Waals surface area contributed by atoms with Crippen molar-refractivity contribution in [3.8, 4) is 11.5 Å². The van der Waals surface area contributed by atoms with Crippen molar-refractivity contribution in [1.29, 1.82) is 0 Å². The molecule has 0 spiro atoms. The van der Waals surface area contributed by atoms with Crippen LogP contribution < -0.4 is 9.47 Å². The Labute approximate surface area is 200 Å². The van der Waals surface area contributed by atoms with E-state index in [2.05, 4.69) is 0 Å². The van der Waals surface area contributed by atoms with Crippen molar-refractivity contribution >= 4 is 27.5 Å². The van der Waals surface area contributed by atoms with Crippen LogP contribution in [-0.2, 0) is 10.0 Å². The number of benzene rings is 2. The van der Waals surface area contributed by atoms with Gasteiger partial charge in [-0.15, -0.1) is 0 Å². The van der Waals surface area contributed by atoms with Crippen molar-refractivity contribution in [3.05, 3.63) is 52.5 Å². The third-order valence-electron chi connectivity index (χ3n) is 6.42. The Morgan fingerprint density at radius 1 is 0.970 bits per heavy atom. The van der Waals surface area contributed by atoms with Crippen molar-refractivity contribution in [2.45, 2.75) is 43.0 Å². The highest BCUT2D eigenvalue weighted by Gasteiger charge is 2.34. The summed E-state index contributed by atoms with van der Waals surface area (Å²) in [7, 11) is -0.565. The molecule has 33 heavy (non-hydrogen) atoms. The van der Waals surface area contributed by atoms with Crippen LogP contribution in [0, 0.1) is 0 Å². The number of amides is 1. The Hall–Kier alpha value is -2.29. The topological polar surface area (TPSA) is 76.1 Å². The summed E-state index contributed by atoms with van der Waals surface area (Å²) in [5.74, 6) is 1.14. The summed E-state index contributed by atoms with van der Waals surface area (Å²) >= 11 is 6.30. The average Bonchev–Trinajstić information content (AvgIpc) is 3.33. The monoisotopic (exact) mass is 492 g/mol. The van der Waals surface area contributed by atoms with Gasteiger partial charge in [0.05, 0.1) is 25.3 Å². The van der Waals surface area contributed by atoms with Gasteiger partial charge in [0.25, 0.3) is 5.91 Å². The number of rotatable bonds is 6. The second-order valence-electron chi connectivity index (χ2n) is 8.37. The Balaban J connectivity index is 1.66. The highest BCUT2D eigenvalue weighted by Crippen LogP contribution is 2.40. The number of carbonyl (C=O) groups is 1. The number of sulfonamides is 1. The molecule has 1 atom stereocenters. The van der Waals surface area contributed by atoms with Crippen molar-refractivity contribution in [3.63, 3.8) is 0 Å². The van der Waals surface area contributed by atoms with Gasteiger partial charge in [0, 0.05) is 30.8 Å². The van der Waals surface area contributed by atoms with Crippen LogP contribution in [0.1, 0.15) is 54.1 Å². The van der Waals surface area contributed by atoms with Crippen LogP contribution in [0.15, 0.2) is 41.3 Å². The van der Waals surface area contributed by atoms with E-state index in [9.17, 15) is 13.2 Å². The minimum Gasteiger partial charge on any atom is -0.497 e. The first kappa shape index (κ1) is 23.9. The largest absolute Gasteiger partial charge is 0.497 e. The van der Waals surface area contributed by atoms with Crippen LogP contribution in [0.5, 0.6) is 11.5 Å². The lowest BCUT2D eigenvalue weighted by Crippen LogP contribution is -2.36. The summed E-state index contributed by atoms with van der Waals surface area (Å²) < 4.78 is 38.8. The number of hydrogen-bond acceptors (Lipinski definition) is 5. The van der Waals surface area contributed by atoms with Gasteiger partial charge in [-0.3, -0.25) is 4.79 Å². The molecule has 2 aliphatic rings. The Morgan fingerprint density at radius 3 is 2.42 bits per heavy atom. The van der Waals surface area contributed by atoms with Crippen LogP contribution in [0.4, 0.5) is 0 Å². The van der Waals surface area contributed by atoms with E-state index < -0.39 is 10.0 Å². The molecule has 0 unspecified atom stereocenters. The fraction of sp³-hybridized carbons (Fsp3) is 0.458. The normalized spacial score (nSPS) is 19.5. The number of nitrogens with zero attached hydrogens (tertiary/aromatic N) is 2. The summed E-state index contributed by atoms with van der Waals surface area (Å²) in [6, 6.07) is 9.87.